The van der Waals surface area contributed by atoms with Crippen molar-refractivity contribution in [1.82, 2.24) is 5.32 Å². The van der Waals surface area contributed by atoms with Crippen LogP contribution in [0.2, 0.25) is 0 Å². The van der Waals surface area contributed by atoms with Crippen LogP contribution < -0.4 is 14.8 Å². The summed E-state index contributed by atoms with van der Waals surface area (Å²) in [5, 5.41) is 4.98. The first-order chi connectivity index (χ1) is 13.1. The van der Waals surface area contributed by atoms with Gasteiger partial charge in [0.05, 0.1) is 14.2 Å². The Balaban J connectivity index is 1.77. The van der Waals surface area contributed by atoms with E-state index in [4.69, 9.17) is 9.47 Å². The van der Waals surface area contributed by atoms with Gasteiger partial charge in [-0.05, 0) is 36.1 Å². The van der Waals surface area contributed by atoms with Crippen molar-refractivity contribution in [1.29, 1.82) is 0 Å². The number of ketones is 1. The Labute approximate surface area is 162 Å². The molecule has 6 heteroatoms. The number of methoxy groups -OCH3 is 2. The molecule has 4 rings (SSSR count). The fraction of sp³-hybridized carbons (Fsp3) is 0.333. The number of ether oxygens (including phenoxy) is 2. The van der Waals surface area contributed by atoms with Gasteiger partial charge >= 0.3 is 0 Å². The van der Waals surface area contributed by atoms with Crippen LogP contribution in [-0.4, -0.2) is 25.9 Å². The monoisotopic (exact) mass is 383 g/mol. The van der Waals surface area contributed by atoms with E-state index in [1.807, 2.05) is 29.6 Å². The molecule has 0 spiro atoms. The molecule has 2 atom stereocenters. The van der Waals surface area contributed by atoms with E-state index in [-0.39, 0.29) is 29.9 Å². The van der Waals surface area contributed by atoms with Gasteiger partial charge in [0.25, 0.3) is 0 Å². The number of rotatable bonds is 4. The third kappa shape index (κ3) is 3.25. The smallest absolute Gasteiger partial charge is 0.225 e. The van der Waals surface area contributed by atoms with E-state index in [1.165, 1.54) is 4.88 Å². The number of amides is 1. The highest BCUT2D eigenvalue weighted by Gasteiger charge is 2.39. The molecule has 1 aromatic heterocycles. The molecule has 1 amide bonds. The number of carbonyl (C=O) groups excluding carboxylic acids is 2. The first kappa shape index (κ1) is 17.8. The Bertz CT molecular complexity index is 916. The van der Waals surface area contributed by atoms with E-state index in [2.05, 4.69) is 11.4 Å². The zero-order valence-corrected chi connectivity index (χ0v) is 16.1. The number of allylic oxidation sites excluding steroid dienone is 2. The lowest BCUT2D eigenvalue weighted by Gasteiger charge is -2.34. The van der Waals surface area contributed by atoms with Gasteiger partial charge in [-0.3, -0.25) is 9.59 Å². The third-order valence-electron chi connectivity index (χ3n) is 5.29. The van der Waals surface area contributed by atoms with Crippen LogP contribution in [0.3, 0.4) is 0 Å². The van der Waals surface area contributed by atoms with Crippen LogP contribution in [0.15, 0.2) is 47.0 Å². The summed E-state index contributed by atoms with van der Waals surface area (Å²) in [6.07, 6.45) is 1.38. The fourth-order valence-corrected chi connectivity index (χ4v) is 4.89. The minimum absolute atomic E-state index is 0.0664. The molecule has 2 heterocycles. The molecule has 140 valence electrons. The molecule has 1 aromatic carbocycles. The predicted molar refractivity (Wildman–Crippen MR) is 103 cm³/mol. The molecule has 1 aliphatic heterocycles. The standard InChI is InChI=1S/C21H21NO4S/c1-25-13-5-6-18(26-2)14(10-13)15-11-20(24)22-16-8-12(9-17(23)21(15)16)19-4-3-7-27-19/h3-7,10,12,15H,8-9,11H2,1-2H3,(H,22,24). The summed E-state index contributed by atoms with van der Waals surface area (Å²) in [7, 11) is 3.19. The van der Waals surface area contributed by atoms with E-state index < -0.39 is 0 Å². The van der Waals surface area contributed by atoms with Crippen LogP contribution in [0.5, 0.6) is 11.5 Å². The van der Waals surface area contributed by atoms with Crippen LogP contribution >= 0.6 is 11.3 Å². The molecule has 5 nitrogen and oxygen atoms in total. The molecule has 2 aromatic rings. The molecule has 0 saturated carbocycles. The summed E-state index contributed by atoms with van der Waals surface area (Å²) in [4.78, 5) is 26.7. The van der Waals surface area contributed by atoms with E-state index in [0.717, 1.165) is 11.3 Å². The zero-order chi connectivity index (χ0) is 19.0. The van der Waals surface area contributed by atoms with Gasteiger partial charge < -0.3 is 14.8 Å². The van der Waals surface area contributed by atoms with Crippen molar-refractivity contribution >= 4 is 23.0 Å². The lowest BCUT2D eigenvalue weighted by atomic mass is 9.74. The van der Waals surface area contributed by atoms with Gasteiger partial charge in [-0.1, -0.05) is 6.07 Å². The largest absolute Gasteiger partial charge is 0.497 e. The van der Waals surface area contributed by atoms with Gasteiger partial charge in [-0.25, -0.2) is 0 Å². The second kappa shape index (κ2) is 7.19. The van der Waals surface area contributed by atoms with Gasteiger partial charge in [-0.15, -0.1) is 11.3 Å². The average Bonchev–Trinajstić information content (AvgIpc) is 3.21. The van der Waals surface area contributed by atoms with Gasteiger partial charge in [0.1, 0.15) is 11.5 Å². The summed E-state index contributed by atoms with van der Waals surface area (Å²) in [5.74, 6) is 1.19. The van der Waals surface area contributed by atoms with Crippen molar-refractivity contribution in [2.24, 2.45) is 0 Å². The molecule has 2 unspecified atom stereocenters. The third-order valence-corrected chi connectivity index (χ3v) is 6.33. The second-order valence-corrected chi connectivity index (χ2v) is 7.83. The Morgan fingerprint density at radius 2 is 1.93 bits per heavy atom. The van der Waals surface area contributed by atoms with E-state index in [9.17, 15) is 9.59 Å². The molecule has 1 aliphatic carbocycles. The van der Waals surface area contributed by atoms with Crippen molar-refractivity contribution in [2.45, 2.75) is 31.1 Å². The summed E-state index contributed by atoms with van der Waals surface area (Å²) < 4.78 is 10.9. The van der Waals surface area contributed by atoms with Crippen molar-refractivity contribution in [3.63, 3.8) is 0 Å². The van der Waals surface area contributed by atoms with Crippen LogP contribution in [0, 0.1) is 0 Å². The zero-order valence-electron chi connectivity index (χ0n) is 15.3. The SMILES string of the molecule is COc1ccc(OC)c(C2CC(=O)NC3=C2C(=O)CC(c2cccs2)C3)c1. The summed E-state index contributed by atoms with van der Waals surface area (Å²) in [6.45, 7) is 0. The van der Waals surface area contributed by atoms with Crippen LogP contribution in [0.4, 0.5) is 0 Å². The van der Waals surface area contributed by atoms with Gasteiger partial charge in [-0.2, -0.15) is 0 Å². The normalized spacial score (nSPS) is 22.3. The van der Waals surface area contributed by atoms with E-state index in [1.54, 1.807) is 25.6 Å². The lowest BCUT2D eigenvalue weighted by Crippen LogP contribution is -2.38. The minimum Gasteiger partial charge on any atom is -0.497 e. The molecule has 0 fully saturated rings. The van der Waals surface area contributed by atoms with Crippen LogP contribution in [0.1, 0.15) is 41.5 Å². The highest BCUT2D eigenvalue weighted by Crippen LogP contribution is 2.45. The van der Waals surface area contributed by atoms with E-state index >= 15 is 0 Å². The maximum absolute atomic E-state index is 13.1. The number of Topliss-reactive ketones (excluding diaryl/α,β-unsaturated/α-hetero) is 1. The second-order valence-electron chi connectivity index (χ2n) is 6.85. The van der Waals surface area contributed by atoms with Crippen molar-refractivity contribution in [2.75, 3.05) is 14.2 Å². The fourth-order valence-electron chi connectivity index (χ4n) is 4.06. The number of hydrogen-bond donors (Lipinski definition) is 1. The predicted octanol–water partition coefficient (Wildman–Crippen LogP) is 3.77. The van der Waals surface area contributed by atoms with Crippen molar-refractivity contribution in [3.8, 4) is 11.5 Å². The molecule has 1 N–H and O–H groups in total. The van der Waals surface area contributed by atoms with Gasteiger partial charge in [0.15, 0.2) is 5.78 Å². The highest BCUT2D eigenvalue weighted by molar-refractivity contribution is 7.10. The van der Waals surface area contributed by atoms with Gasteiger partial charge in [0.2, 0.25) is 5.91 Å². The van der Waals surface area contributed by atoms with E-state index in [0.29, 0.717) is 29.9 Å². The van der Waals surface area contributed by atoms with Crippen LogP contribution in [0.25, 0.3) is 0 Å². The first-order valence-corrected chi connectivity index (χ1v) is 9.80. The molecule has 0 bridgehead atoms. The molecule has 2 aliphatic rings. The highest BCUT2D eigenvalue weighted by atomic mass is 32.1. The maximum Gasteiger partial charge on any atom is 0.225 e. The Hall–Kier alpha value is -2.60. The summed E-state index contributed by atoms with van der Waals surface area (Å²) in [6, 6.07) is 9.56. The lowest BCUT2D eigenvalue weighted by molar-refractivity contribution is -0.122. The Morgan fingerprint density at radius 3 is 2.63 bits per heavy atom. The quantitative estimate of drug-likeness (QED) is 0.873. The molecular formula is C21H21NO4S. The minimum atomic E-state index is -0.310. The Morgan fingerprint density at radius 1 is 1.07 bits per heavy atom. The molecule has 27 heavy (non-hydrogen) atoms. The van der Waals surface area contributed by atoms with Gasteiger partial charge in [0, 0.05) is 46.4 Å². The first-order valence-electron chi connectivity index (χ1n) is 8.92. The molecule has 0 saturated heterocycles. The van der Waals surface area contributed by atoms with Crippen molar-refractivity contribution < 1.29 is 19.1 Å². The number of thiophene rings is 1. The average molecular weight is 383 g/mol. The summed E-state index contributed by atoms with van der Waals surface area (Å²) in [5.41, 5.74) is 2.30. The topological polar surface area (TPSA) is 64.6 Å². The number of hydrogen-bond acceptors (Lipinski definition) is 5. The molecular weight excluding hydrogens is 362 g/mol. The summed E-state index contributed by atoms with van der Waals surface area (Å²) >= 11 is 1.66. The number of carbonyl (C=O) groups is 2. The number of nitrogens with one attached hydrogen (secondary N) is 1. The Kier molecular flexibility index (Phi) is 4.74. The maximum atomic E-state index is 13.1. The van der Waals surface area contributed by atoms with Crippen LogP contribution in [-0.2, 0) is 9.59 Å². The number of benzene rings is 1. The van der Waals surface area contributed by atoms with Crippen molar-refractivity contribution in [3.05, 3.63) is 57.4 Å². The molecule has 0 radical (unpaired) electrons.